The van der Waals surface area contributed by atoms with Crippen molar-refractivity contribution >= 4 is 22.4 Å². The van der Waals surface area contributed by atoms with Gasteiger partial charge in [-0.25, -0.2) is 9.97 Å². The number of rotatable bonds is 6. The molecule has 2 N–H and O–H groups in total. The van der Waals surface area contributed by atoms with Crippen LogP contribution in [0.5, 0.6) is 5.88 Å². The Bertz CT molecular complexity index is 571. The SMILES string of the molecule is COc1cc(CNc2nc(CC(=O)O)cs2)ccn1. The molecular weight excluding hydrogens is 266 g/mol. The number of carboxylic acid groups (broad SMARTS) is 1. The van der Waals surface area contributed by atoms with Gasteiger partial charge in [0.25, 0.3) is 0 Å². The van der Waals surface area contributed by atoms with Gasteiger partial charge in [-0.2, -0.15) is 0 Å². The molecule has 6 nitrogen and oxygen atoms in total. The second-order valence-corrected chi connectivity index (χ2v) is 4.63. The number of nitrogens with one attached hydrogen (secondary N) is 1. The van der Waals surface area contributed by atoms with Crippen molar-refractivity contribution < 1.29 is 14.6 Å². The lowest BCUT2D eigenvalue weighted by atomic mass is 10.3. The molecule has 2 aromatic heterocycles. The monoisotopic (exact) mass is 279 g/mol. The van der Waals surface area contributed by atoms with Crippen LogP contribution in [0.3, 0.4) is 0 Å². The summed E-state index contributed by atoms with van der Waals surface area (Å²) in [6.07, 6.45) is 1.62. The van der Waals surface area contributed by atoms with E-state index >= 15 is 0 Å². The highest BCUT2D eigenvalue weighted by molar-refractivity contribution is 7.13. The van der Waals surface area contributed by atoms with E-state index in [1.807, 2.05) is 12.1 Å². The third-order valence-electron chi connectivity index (χ3n) is 2.34. The van der Waals surface area contributed by atoms with E-state index in [2.05, 4.69) is 15.3 Å². The second kappa shape index (κ2) is 6.14. The first-order chi connectivity index (χ1) is 9.17. The molecule has 0 saturated heterocycles. The quantitative estimate of drug-likeness (QED) is 0.838. The van der Waals surface area contributed by atoms with Gasteiger partial charge in [0, 0.05) is 24.2 Å². The van der Waals surface area contributed by atoms with Gasteiger partial charge in [0.2, 0.25) is 5.88 Å². The molecule has 0 bridgehead atoms. The van der Waals surface area contributed by atoms with Gasteiger partial charge in [-0.15, -0.1) is 11.3 Å². The van der Waals surface area contributed by atoms with E-state index in [4.69, 9.17) is 9.84 Å². The number of pyridine rings is 1. The van der Waals surface area contributed by atoms with Crippen molar-refractivity contribution in [3.05, 3.63) is 35.0 Å². The number of hydrogen-bond donors (Lipinski definition) is 2. The van der Waals surface area contributed by atoms with Crippen LogP contribution in [0.15, 0.2) is 23.7 Å². The van der Waals surface area contributed by atoms with Crippen molar-refractivity contribution in [2.75, 3.05) is 12.4 Å². The first-order valence-electron chi connectivity index (χ1n) is 5.56. The number of ether oxygens (including phenoxy) is 1. The molecule has 2 rings (SSSR count). The summed E-state index contributed by atoms with van der Waals surface area (Å²) in [5, 5.41) is 14.2. The van der Waals surface area contributed by atoms with Gasteiger partial charge in [-0.1, -0.05) is 0 Å². The van der Waals surface area contributed by atoms with E-state index in [1.165, 1.54) is 11.3 Å². The van der Waals surface area contributed by atoms with Gasteiger partial charge in [0.05, 0.1) is 19.2 Å². The summed E-state index contributed by atoms with van der Waals surface area (Å²) in [5.74, 6) is -0.319. The zero-order valence-electron chi connectivity index (χ0n) is 10.3. The number of carbonyl (C=O) groups is 1. The lowest BCUT2D eigenvalue weighted by molar-refractivity contribution is -0.136. The molecule has 0 atom stereocenters. The Hall–Kier alpha value is -2.15. The van der Waals surface area contributed by atoms with Crippen molar-refractivity contribution in [2.45, 2.75) is 13.0 Å². The van der Waals surface area contributed by atoms with Gasteiger partial charge in [-0.05, 0) is 11.6 Å². The molecular formula is C12H13N3O3S. The topological polar surface area (TPSA) is 84.3 Å². The normalized spacial score (nSPS) is 10.2. The fourth-order valence-electron chi connectivity index (χ4n) is 1.47. The average molecular weight is 279 g/mol. The van der Waals surface area contributed by atoms with Crippen LogP contribution in [0.2, 0.25) is 0 Å². The molecule has 100 valence electrons. The fourth-order valence-corrected chi connectivity index (χ4v) is 2.18. The van der Waals surface area contributed by atoms with Crippen LogP contribution in [0.1, 0.15) is 11.3 Å². The maximum absolute atomic E-state index is 10.6. The summed E-state index contributed by atoms with van der Waals surface area (Å²) in [5.41, 5.74) is 1.58. The number of hydrogen-bond acceptors (Lipinski definition) is 6. The first kappa shape index (κ1) is 13.3. The molecule has 0 radical (unpaired) electrons. The highest BCUT2D eigenvalue weighted by atomic mass is 32.1. The minimum absolute atomic E-state index is 0.0543. The van der Waals surface area contributed by atoms with E-state index in [1.54, 1.807) is 18.7 Å². The standard InChI is InChI=1S/C12H13N3O3S/c1-18-10-4-8(2-3-13-10)6-14-12-15-9(7-19-12)5-11(16)17/h2-4,7H,5-6H2,1H3,(H,14,15)(H,16,17). The van der Waals surface area contributed by atoms with Crippen molar-refractivity contribution in [1.29, 1.82) is 0 Å². The average Bonchev–Trinajstić information content (AvgIpc) is 2.83. The minimum atomic E-state index is -0.879. The van der Waals surface area contributed by atoms with Crippen LogP contribution in [-0.2, 0) is 17.8 Å². The van der Waals surface area contributed by atoms with E-state index < -0.39 is 5.97 Å². The molecule has 0 aliphatic heterocycles. The van der Waals surface area contributed by atoms with Crippen LogP contribution in [0.4, 0.5) is 5.13 Å². The number of thiazole rings is 1. The molecule has 0 aliphatic rings. The van der Waals surface area contributed by atoms with Crippen molar-refractivity contribution in [1.82, 2.24) is 9.97 Å². The lowest BCUT2D eigenvalue weighted by Crippen LogP contribution is -2.02. The molecule has 7 heteroatoms. The summed E-state index contributed by atoms with van der Waals surface area (Å²) in [4.78, 5) is 18.8. The van der Waals surface area contributed by atoms with Crippen LogP contribution < -0.4 is 10.1 Å². The van der Waals surface area contributed by atoms with Gasteiger partial charge in [0.1, 0.15) is 0 Å². The molecule has 2 heterocycles. The third-order valence-corrected chi connectivity index (χ3v) is 3.19. The summed E-state index contributed by atoms with van der Waals surface area (Å²) in [6.45, 7) is 0.582. The summed E-state index contributed by atoms with van der Waals surface area (Å²) >= 11 is 1.39. The van der Waals surface area contributed by atoms with E-state index in [-0.39, 0.29) is 6.42 Å². The maximum atomic E-state index is 10.6. The summed E-state index contributed by atoms with van der Waals surface area (Å²) < 4.78 is 5.04. The summed E-state index contributed by atoms with van der Waals surface area (Å²) in [7, 11) is 1.57. The molecule has 0 spiro atoms. The van der Waals surface area contributed by atoms with Crippen LogP contribution in [-0.4, -0.2) is 28.2 Å². The Balaban J connectivity index is 1.94. The second-order valence-electron chi connectivity index (χ2n) is 3.77. The number of anilines is 1. The summed E-state index contributed by atoms with van der Waals surface area (Å²) in [6, 6.07) is 3.71. The Kier molecular flexibility index (Phi) is 4.30. The zero-order chi connectivity index (χ0) is 13.7. The van der Waals surface area contributed by atoms with Crippen LogP contribution >= 0.6 is 11.3 Å². The van der Waals surface area contributed by atoms with Crippen LogP contribution in [0.25, 0.3) is 0 Å². The van der Waals surface area contributed by atoms with E-state index in [0.717, 1.165) is 5.56 Å². The number of methoxy groups -OCH3 is 1. The number of aliphatic carboxylic acids is 1. The van der Waals surface area contributed by atoms with Gasteiger partial charge in [0.15, 0.2) is 5.13 Å². The van der Waals surface area contributed by atoms with E-state index in [0.29, 0.717) is 23.3 Å². The van der Waals surface area contributed by atoms with Gasteiger partial charge < -0.3 is 15.2 Å². The van der Waals surface area contributed by atoms with E-state index in [9.17, 15) is 4.79 Å². The Morgan fingerprint density at radius 3 is 3.16 bits per heavy atom. The van der Waals surface area contributed by atoms with Crippen molar-refractivity contribution in [3.63, 3.8) is 0 Å². The highest BCUT2D eigenvalue weighted by Crippen LogP contribution is 2.17. The predicted molar refractivity (Wildman–Crippen MR) is 71.6 cm³/mol. The number of aromatic nitrogens is 2. The Morgan fingerprint density at radius 1 is 1.58 bits per heavy atom. The highest BCUT2D eigenvalue weighted by Gasteiger charge is 2.06. The first-order valence-corrected chi connectivity index (χ1v) is 6.44. The third kappa shape index (κ3) is 3.92. The smallest absolute Gasteiger partial charge is 0.309 e. The van der Waals surface area contributed by atoms with Gasteiger partial charge >= 0.3 is 5.97 Å². The zero-order valence-corrected chi connectivity index (χ0v) is 11.1. The number of carboxylic acids is 1. The molecule has 0 aliphatic carbocycles. The molecule has 2 aromatic rings. The molecule has 0 aromatic carbocycles. The largest absolute Gasteiger partial charge is 0.481 e. The minimum Gasteiger partial charge on any atom is -0.481 e. The molecule has 0 amide bonds. The maximum Gasteiger partial charge on any atom is 0.309 e. The molecule has 0 fully saturated rings. The number of nitrogens with zero attached hydrogens (tertiary/aromatic N) is 2. The lowest BCUT2D eigenvalue weighted by Gasteiger charge is -2.04. The fraction of sp³-hybridized carbons (Fsp3) is 0.250. The molecule has 0 saturated carbocycles. The van der Waals surface area contributed by atoms with Crippen molar-refractivity contribution in [2.24, 2.45) is 0 Å². The van der Waals surface area contributed by atoms with Gasteiger partial charge in [-0.3, -0.25) is 4.79 Å². The Labute approximate surface area is 114 Å². The molecule has 19 heavy (non-hydrogen) atoms. The Morgan fingerprint density at radius 2 is 2.42 bits per heavy atom. The van der Waals surface area contributed by atoms with Crippen molar-refractivity contribution in [3.8, 4) is 5.88 Å². The van der Waals surface area contributed by atoms with Crippen LogP contribution in [0, 0.1) is 0 Å². The predicted octanol–water partition coefficient (Wildman–Crippen LogP) is 1.79. The molecule has 0 unspecified atom stereocenters.